The van der Waals surface area contributed by atoms with Crippen LogP contribution in [0, 0.1) is 12.3 Å². The van der Waals surface area contributed by atoms with E-state index in [-0.39, 0.29) is 5.41 Å². The SMILES string of the molecule is COc1ccc(C)cc1CNCCC(C)(C)CN. The summed E-state index contributed by atoms with van der Waals surface area (Å²) in [6.45, 7) is 9.03. The fourth-order valence-electron chi connectivity index (χ4n) is 1.80. The van der Waals surface area contributed by atoms with Crippen LogP contribution in [0.25, 0.3) is 0 Å². The molecule has 3 heteroatoms. The zero-order valence-electron chi connectivity index (χ0n) is 12.0. The number of hydrogen-bond donors (Lipinski definition) is 2. The van der Waals surface area contributed by atoms with E-state index in [0.29, 0.717) is 0 Å². The highest BCUT2D eigenvalue weighted by molar-refractivity contribution is 5.36. The van der Waals surface area contributed by atoms with Gasteiger partial charge in [-0.1, -0.05) is 31.5 Å². The predicted molar refractivity (Wildman–Crippen MR) is 76.9 cm³/mol. The lowest BCUT2D eigenvalue weighted by atomic mass is 9.90. The molecular formula is C15H26N2O. The van der Waals surface area contributed by atoms with E-state index in [4.69, 9.17) is 10.5 Å². The average Bonchev–Trinajstić information content (AvgIpc) is 2.35. The highest BCUT2D eigenvalue weighted by atomic mass is 16.5. The van der Waals surface area contributed by atoms with Crippen LogP contribution in [0.1, 0.15) is 31.4 Å². The fourth-order valence-corrected chi connectivity index (χ4v) is 1.80. The maximum absolute atomic E-state index is 5.72. The highest BCUT2D eigenvalue weighted by Gasteiger charge is 2.14. The molecule has 0 unspecified atom stereocenters. The van der Waals surface area contributed by atoms with Crippen LogP contribution >= 0.6 is 0 Å². The first-order chi connectivity index (χ1) is 8.48. The number of nitrogens with two attached hydrogens (primary N) is 1. The minimum atomic E-state index is 0.212. The van der Waals surface area contributed by atoms with Crippen LogP contribution in [0.15, 0.2) is 18.2 Å². The summed E-state index contributed by atoms with van der Waals surface area (Å²) in [5.41, 5.74) is 8.40. The van der Waals surface area contributed by atoms with E-state index in [1.807, 2.05) is 6.07 Å². The lowest BCUT2D eigenvalue weighted by molar-refractivity contribution is 0.338. The summed E-state index contributed by atoms with van der Waals surface area (Å²) < 4.78 is 5.36. The Hall–Kier alpha value is -1.06. The van der Waals surface area contributed by atoms with E-state index in [0.717, 1.165) is 31.8 Å². The molecule has 0 aromatic heterocycles. The minimum absolute atomic E-state index is 0.212. The van der Waals surface area contributed by atoms with Crippen molar-refractivity contribution in [2.45, 2.75) is 33.7 Å². The Kier molecular flexibility index (Phi) is 5.63. The molecule has 0 saturated carbocycles. The molecule has 1 aromatic carbocycles. The van der Waals surface area contributed by atoms with Gasteiger partial charge in [0.05, 0.1) is 7.11 Å². The Bertz CT molecular complexity index is 375. The van der Waals surface area contributed by atoms with Crippen LogP contribution < -0.4 is 15.8 Å². The van der Waals surface area contributed by atoms with E-state index in [1.54, 1.807) is 7.11 Å². The lowest BCUT2D eigenvalue weighted by Crippen LogP contribution is -2.28. The molecule has 0 saturated heterocycles. The fraction of sp³-hybridized carbons (Fsp3) is 0.600. The van der Waals surface area contributed by atoms with Crippen molar-refractivity contribution in [3.05, 3.63) is 29.3 Å². The van der Waals surface area contributed by atoms with Gasteiger partial charge in [0.2, 0.25) is 0 Å². The summed E-state index contributed by atoms with van der Waals surface area (Å²) in [6.07, 6.45) is 1.08. The van der Waals surface area contributed by atoms with Gasteiger partial charge in [0.25, 0.3) is 0 Å². The number of hydrogen-bond acceptors (Lipinski definition) is 3. The molecule has 0 radical (unpaired) electrons. The van der Waals surface area contributed by atoms with Crippen molar-refractivity contribution in [3.63, 3.8) is 0 Å². The van der Waals surface area contributed by atoms with Crippen LogP contribution in [0.5, 0.6) is 5.75 Å². The topological polar surface area (TPSA) is 47.3 Å². The molecule has 0 aliphatic heterocycles. The van der Waals surface area contributed by atoms with Gasteiger partial charge in [-0.3, -0.25) is 0 Å². The molecule has 18 heavy (non-hydrogen) atoms. The van der Waals surface area contributed by atoms with Gasteiger partial charge in [0.1, 0.15) is 5.75 Å². The van der Waals surface area contributed by atoms with Crippen molar-refractivity contribution in [2.24, 2.45) is 11.1 Å². The van der Waals surface area contributed by atoms with Crippen molar-refractivity contribution < 1.29 is 4.74 Å². The van der Waals surface area contributed by atoms with Gasteiger partial charge in [-0.05, 0) is 37.9 Å². The summed E-state index contributed by atoms with van der Waals surface area (Å²) in [4.78, 5) is 0. The minimum Gasteiger partial charge on any atom is -0.496 e. The van der Waals surface area contributed by atoms with Crippen molar-refractivity contribution in [2.75, 3.05) is 20.2 Å². The van der Waals surface area contributed by atoms with E-state index >= 15 is 0 Å². The monoisotopic (exact) mass is 250 g/mol. The zero-order chi connectivity index (χ0) is 13.6. The Morgan fingerprint density at radius 1 is 1.33 bits per heavy atom. The molecule has 0 aliphatic carbocycles. The smallest absolute Gasteiger partial charge is 0.123 e. The van der Waals surface area contributed by atoms with E-state index in [2.05, 4.69) is 38.2 Å². The first-order valence-corrected chi connectivity index (χ1v) is 6.53. The van der Waals surface area contributed by atoms with Gasteiger partial charge in [-0.2, -0.15) is 0 Å². The molecule has 0 fully saturated rings. The van der Waals surface area contributed by atoms with Crippen LogP contribution in [0.3, 0.4) is 0 Å². The highest BCUT2D eigenvalue weighted by Crippen LogP contribution is 2.20. The van der Waals surface area contributed by atoms with Crippen molar-refractivity contribution in [1.82, 2.24) is 5.32 Å². The second-order valence-electron chi connectivity index (χ2n) is 5.61. The molecule has 0 heterocycles. The second kappa shape index (κ2) is 6.76. The molecule has 102 valence electrons. The normalized spacial score (nSPS) is 11.6. The van der Waals surface area contributed by atoms with Gasteiger partial charge in [-0.15, -0.1) is 0 Å². The quantitative estimate of drug-likeness (QED) is 0.731. The Morgan fingerprint density at radius 3 is 2.67 bits per heavy atom. The van der Waals surface area contributed by atoms with Crippen LogP contribution in [-0.2, 0) is 6.54 Å². The molecule has 3 N–H and O–H groups in total. The third-order valence-corrected chi connectivity index (χ3v) is 3.28. The summed E-state index contributed by atoms with van der Waals surface area (Å²) in [6, 6.07) is 6.26. The van der Waals surface area contributed by atoms with Gasteiger partial charge in [0, 0.05) is 12.1 Å². The maximum atomic E-state index is 5.72. The summed E-state index contributed by atoms with van der Waals surface area (Å²) in [5.74, 6) is 0.950. The Morgan fingerprint density at radius 2 is 2.06 bits per heavy atom. The Labute approximate surface area is 111 Å². The average molecular weight is 250 g/mol. The molecule has 1 aromatic rings. The van der Waals surface area contributed by atoms with Crippen LogP contribution in [-0.4, -0.2) is 20.2 Å². The Balaban J connectivity index is 2.46. The largest absolute Gasteiger partial charge is 0.496 e. The van der Waals surface area contributed by atoms with Crippen molar-refractivity contribution >= 4 is 0 Å². The molecule has 0 aliphatic rings. The number of nitrogens with one attached hydrogen (secondary N) is 1. The third kappa shape index (κ3) is 4.67. The van der Waals surface area contributed by atoms with Gasteiger partial charge < -0.3 is 15.8 Å². The molecule has 0 spiro atoms. The number of ether oxygens (including phenoxy) is 1. The standard InChI is InChI=1S/C15H26N2O/c1-12-5-6-14(18-4)13(9-12)10-17-8-7-15(2,3)11-16/h5-6,9,17H,7-8,10-11,16H2,1-4H3. The molecule has 3 nitrogen and oxygen atoms in total. The predicted octanol–water partition coefficient (Wildman–Crippen LogP) is 2.47. The van der Waals surface area contributed by atoms with Crippen LogP contribution in [0.2, 0.25) is 0 Å². The van der Waals surface area contributed by atoms with Crippen molar-refractivity contribution in [1.29, 1.82) is 0 Å². The number of aryl methyl sites for hydroxylation is 1. The summed E-state index contributed by atoms with van der Waals surface area (Å²) >= 11 is 0. The third-order valence-electron chi connectivity index (χ3n) is 3.28. The first-order valence-electron chi connectivity index (χ1n) is 6.53. The van der Waals surface area contributed by atoms with Crippen molar-refractivity contribution in [3.8, 4) is 5.75 Å². The maximum Gasteiger partial charge on any atom is 0.123 e. The molecule has 0 bridgehead atoms. The summed E-state index contributed by atoms with van der Waals surface area (Å²) in [7, 11) is 1.71. The van der Waals surface area contributed by atoms with E-state index in [9.17, 15) is 0 Å². The van der Waals surface area contributed by atoms with E-state index in [1.165, 1.54) is 11.1 Å². The lowest BCUT2D eigenvalue weighted by Gasteiger charge is -2.22. The van der Waals surface area contributed by atoms with E-state index < -0.39 is 0 Å². The zero-order valence-corrected chi connectivity index (χ0v) is 12.0. The van der Waals surface area contributed by atoms with Gasteiger partial charge in [-0.25, -0.2) is 0 Å². The van der Waals surface area contributed by atoms with Gasteiger partial charge >= 0.3 is 0 Å². The molecular weight excluding hydrogens is 224 g/mol. The number of rotatable bonds is 7. The molecule has 0 atom stereocenters. The number of methoxy groups -OCH3 is 1. The second-order valence-corrected chi connectivity index (χ2v) is 5.61. The van der Waals surface area contributed by atoms with Crippen LogP contribution in [0.4, 0.5) is 0 Å². The first kappa shape index (κ1) is 15.0. The number of benzene rings is 1. The molecule has 1 rings (SSSR count). The van der Waals surface area contributed by atoms with Gasteiger partial charge in [0.15, 0.2) is 0 Å². The molecule has 0 amide bonds. The summed E-state index contributed by atoms with van der Waals surface area (Å²) in [5, 5.41) is 3.46.